The number of furan rings is 1. The second kappa shape index (κ2) is 10.1. The van der Waals surface area contributed by atoms with E-state index in [9.17, 15) is 9.59 Å². The van der Waals surface area contributed by atoms with Crippen molar-refractivity contribution in [2.24, 2.45) is 5.41 Å². The van der Waals surface area contributed by atoms with Gasteiger partial charge >= 0.3 is 0 Å². The summed E-state index contributed by atoms with van der Waals surface area (Å²) in [5.41, 5.74) is 4.29. The monoisotopic (exact) mass is 544 g/mol. The molecule has 1 aromatic heterocycles. The molecule has 1 atom stereocenters. The average Bonchev–Trinajstić information content (AvgIpc) is 3.40. The molecule has 2 aliphatic heterocycles. The van der Waals surface area contributed by atoms with Crippen molar-refractivity contribution in [2.75, 3.05) is 47.8 Å². The van der Waals surface area contributed by atoms with E-state index in [2.05, 4.69) is 24.1 Å². The van der Waals surface area contributed by atoms with Crippen molar-refractivity contribution in [3.8, 4) is 0 Å². The van der Waals surface area contributed by atoms with Gasteiger partial charge in [0.2, 0.25) is 5.91 Å². The molecular formula is C31H33ClN4O3. The fourth-order valence-electron chi connectivity index (χ4n) is 6.10. The lowest BCUT2D eigenvalue weighted by atomic mass is 9.74. The van der Waals surface area contributed by atoms with Gasteiger partial charge in [0, 0.05) is 54.6 Å². The highest BCUT2D eigenvalue weighted by Crippen LogP contribution is 2.48. The quantitative estimate of drug-likeness (QED) is 0.441. The molecule has 0 spiro atoms. The molecule has 2 aromatic carbocycles. The minimum Gasteiger partial charge on any atom is -0.467 e. The number of ketones is 1. The van der Waals surface area contributed by atoms with E-state index in [4.69, 9.17) is 16.0 Å². The second-order valence-corrected chi connectivity index (χ2v) is 11.8. The molecule has 1 amide bonds. The smallest absolute Gasteiger partial charge is 0.242 e. The van der Waals surface area contributed by atoms with Crippen molar-refractivity contribution >= 4 is 40.4 Å². The van der Waals surface area contributed by atoms with Crippen molar-refractivity contribution in [3.05, 3.63) is 89.0 Å². The number of allylic oxidation sites excluding steroid dienone is 1. The first-order chi connectivity index (χ1) is 18.8. The molecule has 1 aliphatic carbocycles. The van der Waals surface area contributed by atoms with Gasteiger partial charge < -0.3 is 24.4 Å². The molecule has 8 heteroatoms. The van der Waals surface area contributed by atoms with E-state index < -0.39 is 6.04 Å². The lowest BCUT2D eigenvalue weighted by molar-refractivity contribution is -0.130. The molecule has 3 heterocycles. The van der Waals surface area contributed by atoms with Crippen LogP contribution in [0.2, 0.25) is 5.02 Å². The first kappa shape index (κ1) is 25.6. The van der Waals surface area contributed by atoms with Gasteiger partial charge in [0.25, 0.3) is 0 Å². The zero-order valence-electron chi connectivity index (χ0n) is 22.3. The number of anilines is 3. The van der Waals surface area contributed by atoms with Gasteiger partial charge in [-0.3, -0.25) is 9.59 Å². The Hall–Kier alpha value is -3.71. The summed E-state index contributed by atoms with van der Waals surface area (Å²) < 4.78 is 5.92. The molecule has 0 bridgehead atoms. The standard InChI is InChI=1S/C31H33ClN4O3/c1-31(2)18-24-29(26(37)19-31)30(27-11-6-16-39-27)36(25-10-4-3-9-23(25)33-24)20-28(38)35-14-12-34(13-15-35)22-8-5-7-21(32)17-22/h3-11,16-17,30,33H,12-15,18-20H2,1-2H3. The molecule has 0 radical (unpaired) electrons. The zero-order valence-corrected chi connectivity index (χ0v) is 23.1. The summed E-state index contributed by atoms with van der Waals surface area (Å²) in [5, 5.41) is 4.29. The third-order valence-corrected chi connectivity index (χ3v) is 8.16. The van der Waals surface area contributed by atoms with E-state index in [0.29, 0.717) is 35.9 Å². The first-order valence-corrected chi connectivity index (χ1v) is 13.9. The van der Waals surface area contributed by atoms with Crippen molar-refractivity contribution < 1.29 is 14.0 Å². The predicted molar refractivity (Wildman–Crippen MR) is 154 cm³/mol. The highest BCUT2D eigenvalue weighted by Gasteiger charge is 2.43. The summed E-state index contributed by atoms with van der Waals surface area (Å²) in [6.07, 6.45) is 2.83. The molecule has 0 saturated carbocycles. The number of nitrogens with one attached hydrogen (secondary N) is 1. The van der Waals surface area contributed by atoms with Crippen LogP contribution >= 0.6 is 11.6 Å². The summed E-state index contributed by atoms with van der Waals surface area (Å²) in [6, 6.07) is 19.0. The largest absolute Gasteiger partial charge is 0.467 e. The fraction of sp³-hybridized carbons (Fsp3) is 0.355. The van der Waals surface area contributed by atoms with Gasteiger partial charge in [-0.05, 0) is 54.3 Å². The Labute approximate surface area is 234 Å². The number of benzene rings is 2. The van der Waals surface area contributed by atoms with Gasteiger partial charge in [0.05, 0.1) is 24.2 Å². The Balaban J connectivity index is 1.31. The highest BCUT2D eigenvalue weighted by atomic mass is 35.5. The van der Waals surface area contributed by atoms with E-state index >= 15 is 0 Å². The molecule has 3 aliphatic rings. The summed E-state index contributed by atoms with van der Waals surface area (Å²) in [4.78, 5) is 33.8. The normalized spacial score (nSPS) is 20.7. The molecule has 1 saturated heterocycles. The Morgan fingerprint density at radius 1 is 1.03 bits per heavy atom. The van der Waals surface area contributed by atoms with Gasteiger partial charge in [-0.1, -0.05) is 43.6 Å². The van der Waals surface area contributed by atoms with Crippen LogP contribution in [0.1, 0.15) is 38.5 Å². The van der Waals surface area contributed by atoms with Crippen molar-refractivity contribution in [1.82, 2.24) is 4.90 Å². The molecule has 6 rings (SSSR count). The molecule has 1 N–H and O–H groups in total. The molecule has 1 fully saturated rings. The first-order valence-electron chi connectivity index (χ1n) is 13.5. The van der Waals surface area contributed by atoms with Crippen molar-refractivity contribution in [2.45, 2.75) is 32.7 Å². The lowest BCUT2D eigenvalue weighted by Gasteiger charge is -2.39. The number of nitrogens with zero attached hydrogens (tertiary/aromatic N) is 3. The van der Waals surface area contributed by atoms with Crippen LogP contribution in [-0.4, -0.2) is 49.3 Å². The van der Waals surface area contributed by atoms with E-state index in [0.717, 1.165) is 42.3 Å². The molecule has 3 aromatic rings. The van der Waals surface area contributed by atoms with E-state index in [1.54, 1.807) is 6.26 Å². The number of piperazine rings is 1. The van der Waals surface area contributed by atoms with Crippen LogP contribution in [-0.2, 0) is 9.59 Å². The number of Topliss-reactive ketones (excluding diaryl/α,β-unsaturated/α-hetero) is 1. The van der Waals surface area contributed by atoms with Crippen LogP contribution in [0.4, 0.5) is 17.1 Å². The number of hydrogen-bond donors (Lipinski definition) is 1. The number of halogens is 1. The summed E-state index contributed by atoms with van der Waals surface area (Å²) in [7, 11) is 0. The lowest BCUT2D eigenvalue weighted by Crippen LogP contribution is -2.52. The third-order valence-electron chi connectivity index (χ3n) is 7.93. The Bertz CT molecular complexity index is 1420. The number of rotatable bonds is 4. The van der Waals surface area contributed by atoms with Crippen molar-refractivity contribution in [1.29, 1.82) is 0 Å². The second-order valence-electron chi connectivity index (χ2n) is 11.4. The number of carbonyl (C=O) groups excluding carboxylic acids is 2. The molecular weight excluding hydrogens is 512 g/mol. The van der Waals surface area contributed by atoms with E-state index in [-0.39, 0.29) is 23.7 Å². The Kier molecular flexibility index (Phi) is 6.63. The van der Waals surface area contributed by atoms with Crippen LogP contribution in [0.15, 0.2) is 82.6 Å². The topological polar surface area (TPSA) is 69.0 Å². The van der Waals surface area contributed by atoms with Crippen LogP contribution in [0, 0.1) is 5.41 Å². The minimum absolute atomic E-state index is 0.0275. The van der Waals surface area contributed by atoms with Gasteiger partial charge in [-0.15, -0.1) is 0 Å². The van der Waals surface area contributed by atoms with Crippen LogP contribution in [0.3, 0.4) is 0 Å². The zero-order chi connectivity index (χ0) is 27.1. The van der Waals surface area contributed by atoms with Gasteiger partial charge in [0.15, 0.2) is 5.78 Å². The van der Waals surface area contributed by atoms with E-state index in [1.807, 2.05) is 70.5 Å². The van der Waals surface area contributed by atoms with Crippen molar-refractivity contribution in [3.63, 3.8) is 0 Å². The maximum Gasteiger partial charge on any atom is 0.242 e. The molecule has 1 unspecified atom stereocenters. The Morgan fingerprint density at radius 2 is 1.82 bits per heavy atom. The van der Waals surface area contributed by atoms with Gasteiger partial charge in [0.1, 0.15) is 11.8 Å². The Morgan fingerprint density at radius 3 is 2.56 bits per heavy atom. The summed E-state index contributed by atoms with van der Waals surface area (Å²) in [6.45, 7) is 7.08. The third kappa shape index (κ3) is 5.03. The molecule has 39 heavy (non-hydrogen) atoms. The maximum absolute atomic E-state index is 13.8. The highest BCUT2D eigenvalue weighted by molar-refractivity contribution is 6.30. The van der Waals surface area contributed by atoms with Gasteiger partial charge in [-0.2, -0.15) is 0 Å². The predicted octanol–water partition coefficient (Wildman–Crippen LogP) is 5.90. The summed E-state index contributed by atoms with van der Waals surface area (Å²) >= 11 is 6.20. The number of para-hydroxylation sites is 2. The molecule has 7 nitrogen and oxygen atoms in total. The minimum atomic E-state index is -0.494. The van der Waals surface area contributed by atoms with E-state index in [1.165, 1.54) is 0 Å². The number of hydrogen-bond acceptors (Lipinski definition) is 6. The number of carbonyl (C=O) groups is 2. The number of fused-ring (bicyclic) bond motifs is 1. The maximum atomic E-state index is 13.8. The SMILES string of the molecule is CC1(C)CC(=O)C2=C(C1)Nc1ccccc1N(CC(=O)N1CCN(c3cccc(Cl)c3)CC1)C2c1ccco1. The molecule has 202 valence electrons. The van der Waals surface area contributed by atoms with Gasteiger partial charge in [-0.25, -0.2) is 0 Å². The van der Waals surface area contributed by atoms with Crippen LogP contribution < -0.4 is 15.1 Å². The summed E-state index contributed by atoms with van der Waals surface area (Å²) in [5.74, 6) is 0.780. The van der Waals surface area contributed by atoms with Crippen LogP contribution in [0.25, 0.3) is 0 Å². The number of amides is 1. The van der Waals surface area contributed by atoms with Crippen LogP contribution in [0.5, 0.6) is 0 Å². The fourth-order valence-corrected chi connectivity index (χ4v) is 6.29. The average molecular weight is 545 g/mol.